The molecule has 0 radical (unpaired) electrons. The molecule has 13 heavy (non-hydrogen) atoms. The number of cyclic esters (lactones) is 1. The summed E-state index contributed by atoms with van der Waals surface area (Å²) in [5.41, 5.74) is 0. The van der Waals surface area contributed by atoms with Gasteiger partial charge in [0, 0.05) is 25.6 Å². The second kappa shape index (κ2) is 4.87. The Morgan fingerprint density at radius 1 is 1.77 bits per heavy atom. The first-order valence-corrected chi connectivity index (χ1v) is 4.41. The van der Waals surface area contributed by atoms with Crippen molar-refractivity contribution in [1.82, 2.24) is 4.90 Å². The summed E-state index contributed by atoms with van der Waals surface area (Å²) in [4.78, 5) is 12.7. The molecule has 1 unspecified atom stereocenters. The lowest BCUT2D eigenvalue weighted by molar-refractivity contribution is 0.0399. The molecule has 1 N–H and O–H groups in total. The van der Waals surface area contributed by atoms with Gasteiger partial charge >= 0.3 is 6.09 Å². The molecule has 1 saturated heterocycles. The van der Waals surface area contributed by atoms with E-state index >= 15 is 0 Å². The molecule has 0 saturated carbocycles. The lowest BCUT2D eigenvalue weighted by Gasteiger charge is -2.31. The number of nitrogens with zero attached hydrogens (tertiary/aromatic N) is 1. The smallest absolute Gasteiger partial charge is 0.410 e. The van der Waals surface area contributed by atoms with Gasteiger partial charge in [0.25, 0.3) is 0 Å². The molecule has 0 aromatic heterocycles. The molecule has 0 aromatic carbocycles. The van der Waals surface area contributed by atoms with E-state index in [4.69, 9.17) is 9.84 Å². The van der Waals surface area contributed by atoms with Crippen LogP contribution in [-0.2, 0) is 4.74 Å². The van der Waals surface area contributed by atoms with Crippen LogP contribution in [0.3, 0.4) is 0 Å². The number of hydrogen-bond donors (Lipinski definition) is 1. The Labute approximate surface area is 77.8 Å². The Kier molecular flexibility index (Phi) is 3.76. The van der Waals surface area contributed by atoms with Gasteiger partial charge in [-0.3, -0.25) is 0 Å². The van der Waals surface area contributed by atoms with Crippen LogP contribution >= 0.6 is 0 Å². The second-order valence-electron chi connectivity index (χ2n) is 3.15. The number of ether oxygens (including phenoxy) is 1. The van der Waals surface area contributed by atoms with E-state index in [0.29, 0.717) is 26.1 Å². The van der Waals surface area contributed by atoms with E-state index in [1.54, 1.807) is 11.0 Å². The van der Waals surface area contributed by atoms with Crippen LogP contribution in [0.2, 0.25) is 0 Å². The molecule has 0 spiro atoms. The molecular formula is C9H15NO3. The third-order valence-corrected chi connectivity index (χ3v) is 2.07. The van der Waals surface area contributed by atoms with Gasteiger partial charge in [-0.25, -0.2) is 4.79 Å². The van der Waals surface area contributed by atoms with Crippen molar-refractivity contribution in [3.05, 3.63) is 12.7 Å². The number of aliphatic hydroxyl groups excluding tert-OH is 1. The van der Waals surface area contributed by atoms with Gasteiger partial charge in [0.1, 0.15) is 0 Å². The van der Waals surface area contributed by atoms with Crippen molar-refractivity contribution in [3.63, 3.8) is 0 Å². The summed E-state index contributed by atoms with van der Waals surface area (Å²) < 4.78 is 4.94. The van der Waals surface area contributed by atoms with Crippen LogP contribution in [-0.4, -0.2) is 42.4 Å². The van der Waals surface area contributed by atoms with Crippen molar-refractivity contribution in [2.45, 2.75) is 6.42 Å². The van der Waals surface area contributed by atoms with Crippen LogP contribution in [0.5, 0.6) is 0 Å². The molecule has 1 aliphatic heterocycles. The zero-order chi connectivity index (χ0) is 9.68. The molecule has 4 nitrogen and oxygen atoms in total. The highest BCUT2D eigenvalue weighted by Gasteiger charge is 2.25. The molecule has 1 fully saturated rings. The van der Waals surface area contributed by atoms with Gasteiger partial charge in [0.2, 0.25) is 0 Å². The summed E-state index contributed by atoms with van der Waals surface area (Å²) in [5, 5.41) is 8.72. The van der Waals surface area contributed by atoms with E-state index in [0.717, 1.165) is 0 Å². The number of amides is 1. The first kappa shape index (κ1) is 10.1. The lowest BCUT2D eigenvalue weighted by atomic mass is 10.1. The topological polar surface area (TPSA) is 49.8 Å². The molecule has 1 aliphatic rings. The number of rotatable bonds is 4. The molecule has 0 aromatic rings. The second-order valence-corrected chi connectivity index (χ2v) is 3.15. The molecule has 1 heterocycles. The summed E-state index contributed by atoms with van der Waals surface area (Å²) >= 11 is 0. The predicted molar refractivity (Wildman–Crippen MR) is 48.3 cm³/mol. The van der Waals surface area contributed by atoms with Crippen LogP contribution in [0, 0.1) is 5.92 Å². The molecule has 0 bridgehead atoms. The Morgan fingerprint density at radius 3 is 3.15 bits per heavy atom. The molecule has 1 atom stereocenters. The minimum Gasteiger partial charge on any atom is -0.449 e. The zero-order valence-electron chi connectivity index (χ0n) is 7.61. The normalized spacial score (nSPS) is 22.7. The quantitative estimate of drug-likeness (QED) is 0.653. The summed E-state index contributed by atoms with van der Waals surface area (Å²) in [5.74, 6) is 0.252. The van der Waals surface area contributed by atoms with E-state index in [2.05, 4.69) is 6.58 Å². The Balaban J connectivity index is 2.42. The maximum atomic E-state index is 11.1. The van der Waals surface area contributed by atoms with E-state index in [-0.39, 0.29) is 18.6 Å². The van der Waals surface area contributed by atoms with Gasteiger partial charge in [0.05, 0.1) is 6.61 Å². The highest BCUT2D eigenvalue weighted by atomic mass is 16.6. The number of carbonyl (C=O) groups excluding carboxylic acids is 1. The van der Waals surface area contributed by atoms with Crippen molar-refractivity contribution < 1.29 is 14.6 Å². The highest BCUT2D eigenvalue weighted by Crippen LogP contribution is 2.13. The highest BCUT2D eigenvalue weighted by molar-refractivity contribution is 5.68. The summed E-state index contributed by atoms with van der Waals surface area (Å²) in [6, 6.07) is 0. The van der Waals surface area contributed by atoms with Crippen LogP contribution in [0.4, 0.5) is 4.79 Å². The molecule has 0 aliphatic carbocycles. The van der Waals surface area contributed by atoms with Gasteiger partial charge in [-0.15, -0.1) is 6.58 Å². The van der Waals surface area contributed by atoms with Crippen molar-refractivity contribution in [2.24, 2.45) is 5.92 Å². The van der Waals surface area contributed by atoms with Crippen LogP contribution in [0.25, 0.3) is 0 Å². The SMILES string of the molecule is C=CCN1CC(CCO)COC1=O. The molecule has 1 amide bonds. The first-order valence-electron chi connectivity index (χ1n) is 4.41. The molecule has 4 heteroatoms. The van der Waals surface area contributed by atoms with Gasteiger partial charge in [-0.1, -0.05) is 6.08 Å². The van der Waals surface area contributed by atoms with E-state index < -0.39 is 0 Å². The first-order chi connectivity index (χ1) is 6.27. The van der Waals surface area contributed by atoms with Gasteiger partial charge in [-0.05, 0) is 6.42 Å². The third-order valence-electron chi connectivity index (χ3n) is 2.07. The Bertz CT molecular complexity index is 193. The predicted octanol–water partition coefficient (Wildman–Crippen LogP) is 0.623. The average molecular weight is 185 g/mol. The largest absolute Gasteiger partial charge is 0.449 e. The Hall–Kier alpha value is -1.03. The van der Waals surface area contributed by atoms with Crippen molar-refractivity contribution >= 4 is 6.09 Å². The maximum Gasteiger partial charge on any atom is 0.410 e. The maximum absolute atomic E-state index is 11.1. The van der Waals surface area contributed by atoms with Crippen LogP contribution in [0.1, 0.15) is 6.42 Å². The Morgan fingerprint density at radius 2 is 2.54 bits per heavy atom. The number of aliphatic hydroxyl groups is 1. The zero-order valence-corrected chi connectivity index (χ0v) is 7.61. The van der Waals surface area contributed by atoms with Crippen molar-refractivity contribution in [3.8, 4) is 0 Å². The number of carbonyl (C=O) groups is 1. The fraction of sp³-hybridized carbons (Fsp3) is 0.667. The van der Waals surface area contributed by atoms with Crippen molar-refractivity contribution in [2.75, 3.05) is 26.3 Å². The van der Waals surface area contributed by atoms with Crippen LogP contribution < -0.4 is 0 Å². The fourth-order valence-electron chi connectivity index (χ4n) is 1.38. The standard InChI is InChI=1S/C9H15NO3/c1-2-4-10-6-8(3-5-11)7-13-9(10)12/h2,8,11H,1,3-7H2. The minimum atomic E-state index is -0.283. The van der Waals surface area contributed by atoms with E-state index in [9.17, 15) is 4.79 Å². The summed E-state index contributed by atoms with van der Waals surface area (Å²) in [7, 11) is 0. The van der Waals surface area contributed by atoms with Crippen LogP contribution in [0.15, 0.2) is 12.7 Å². The molecule has 1 rings (SSSR count). The monoisotopic (exact) mass is 185 g/mol. The third kappa shape index (κ3) is 2.73. The summed E-state index contributed by atoms with van der Waals surface area (Å²) in [6.45, 7) is 5.30. The van der Waals surface area contributed by atoms with E-state index in [1.807, 2.05) is 0 Å². The van der Waals surface area contributed by atoms with E-state index in [1.165, 1.54) is 0 Å². The average Bonchev–Trinajstić information content (AvgIpc) is 2.12. The van der Waals surface area contributed by atoms with Gasteiger partial charge < -0.3 is 14.7 Å². The summed E-state index contributed by atoms with van der Waals surface area (Å²) in [6.07, 6.45) is 2.07. The molecule has 74 valence electrons. The van der Waals surface area contributed by atoms with Gasteiger partial charge in [0.15, 0.2) is 0 Å². The number of hydrogen-bond acceptors (Lipinski definition) is 3. The molecular weight excluding hydrogens is 170 g/mol. The lowest BCUT2D eigenvalue weighted by Crippen LogP contribution is -2.43. The van der Waals surface area contributed by atoms with Crippen molar-refractivity contribution in [1.29, 1.82) is 0 Å². The fourth-order valence-corrected chi connectivity index (χ4v) is 1.38. The van der Waals surface area contributed by atoms with Gasteiger partial charge in [-0.2, -0.15) is 0 Å². The minimum absolute atomic E-state index is 0.143.